The van der Waals surface area contributed by atoms with Gasteiger partial charge in [0, 0.05) is 25.3 Å². The molecule has 136 valence electrons. The van der Waals surface area contributed by atoms with Crippen molar-refractivity contribution in [1.29, 1.82) is 0 Å². The van der Waals surface area contributed by atoms with E-state index in [4.69, 9.17) is 4.52 Å². The van der Waals surface area contributed by atoms with Gasteiger partial charge in [-0.05, 0) is 36.8 Å². The molecule has 0 amide bonds. The Labute approximate surface area is 157 Å². The molecule has 0 aliphatic rings. The van der Waals surface area contributed by atoms with Crippen LogP contribution in [0, 0.1) is 6.92 Å². The van der Waals surface area contributed by atoms with Crippen molar-refractivity contribution in [3.05, 3.63) is 65.9 Å². The molecule has 0 aliphatic carbocycles. The summed E-state index contributed by atoms with van der Waals surface area (Å²) >= 11 is 0. The van der Waals surface area contributed by atoms with Crippen LogP contribution in [0.2, 0.25) is 0 Å². The standard InChI is InChI=1S/C20H20N6O/c1-14-4-6-15(7-5-14)12-26-13-18(22-24-26)19-21-20(27-23-19)16-8-10-17(11-9-16)25(2)3/h4-11,13H,12H2,1-3H3. The first-order chi connectivity index (χ1) is 13.1. The molecule has 0 bridgehead atoms. The molecule has 7 heteroatoms. The van der Waals surface area contributed by atoms with E-state index in [2.05, 4.69) is 51.6 Å². The highest BCUT2D eigenvalue weighted by Crippen LogP contribution is 2.23. The van der Waals surface area contributed by atoms with Crippen LogP contribution >= 0.6 is 0 Å². The second-order valence-electron chi connectivity index (χ2n) is 6.65. The zero-order valence-corrected chi connectivity index (χ0v) is 15.5. The molecule has 0 radical (unpaired) electrons. The lowest BCUT2D eigenvalue weighted by atomic mass is 10.1. The van der Waals surface area contributed by atoms with Crippen LogP contribution in [0.5, 0.6) is 0 Å². The molecule has 0 N–H and O–H groups in total. The molecule has 0 aliphatic heterocycles. The molecule has 2 heterocycles. The number of anilines is 1. The molecule has 7 nitrogen and oxygen atoms in total. The van der Waals surface area contributed by atoms with Gasteiger partial charge in [-0.3, -0.25) is 0 Å². The van der Waals surface area contributed by atoms with Crippen LogP contribution in [0.25, 0.3) is 23.0 Å². The predicted octanol–water partition coefficient (Wildman–Crippen LogP) is 3.42. The maximum absolute atomic E-state index is 5.39. The molecular weight excluding hydrogens is 340 g/mol. The SMILES string of the molecule is Cc1ccc(Cn2cc(-c3noc(-c4ccc(N(C)C)cc4)n3)nn2)cc1. The molecular formula is C20H20N6O. The maximum Gasteiger partial charge on any atom is 0.258 e. The number of benzene rings is 2. The van der Waals surface area contributed by atoms with Gasteiger partial charge in [0.05, 0.1) is 12.7 Å². The molecule has 0 saturated carbocycles. The molecule has 2 aromatic heterocycles. The molecule has 0 atom stereocenters. The average Bonchev–Trinajstić information content (AvgIpc) is 3.33. The van der Waals surface area contributed by atoms with Crippen LogP contribution in [0.1, 0.15) is 11.1 Å². The van der Waals surface area contributed by atoms with Gasteiger partial charge in [0.25, 0.3) is 5.89 Å². The fraction of sp³-hybridized carbons (Fsp3) is 0.200. The van der Waals surface area contributed by atoms with Crippen LogP contribution in [0.15, 0.2) is 59.3 Å². The molecule has 4 rings (SSSR count). The van der Waals surface area contributed by atoms with Crippen molar-refractivity contribution >= 4 is 5.69 Å². The first-order valence-electron chi connectivity index (χ1n) is 8.66. The summed E-state index contributed by atoms with van der Waals surface area (Å²) in [7, 11) is 4.00. The minimum atomic E-state index is 0.428. The quantitative estimate of drug-likeness (QED) is 0.543. The van der Waals surface area contributed by atoms with Crippen molar-refractivity contribution in [3.63, 3.8) is 0 Å². The largest absolute Gasteiger partial charge is 0.378 e. The Balaban J connectivity index is 1.51. The smallest absolute Gasteiger partial charge is 0.258 e. The monoisotopic (exact) mass is 360 g/mol. The first-order valence-corrected chi connectivity index (χ1v) is 8.66. The third-order valence-electron chi connectivity index (χ3n) is 4.29. The van der Waals surface area contributed by atoms with Gasteiger partial charge in [0.2, 0.25) is 5.82 Å². The molecule has 2 aromatic carbocycles. The van der Waals surface area contributed by atoms with Crippen LogP contribution in [-0.2, 0) is 6.54 Å². The Morgan fingerprint density at radius 3 is 2.44 bits per heavy atom. The molecule has 0 unspecified atom stereocenters. The van der Waals surface area contributed by atoms with Crippen LogP contribution in [-0.4, -0.2) is 39.2 Å². The lowest BCUT2D eigenvalue weighted by Crippen LogP contribution is -2.07. The van der Waals surface area contributed by atoms with Crippen molar-refractivity contribution in [2.75, 3.05) is 19.0 Å². The number of hydrogen-bond donors (Lipinski definition) is 0. The fourth-order valence-corrected chi connectivity index (χ4v) is 2.71. The summed E-state index contributed by atoms with van der Waals surface area (Å²) in [6, 6.07) is 16.3. The zero-order chi connectivity index (χ0) is 18.8. The first kappa shape index (κ1) is 17.0. The van der Waals surface area contributed by atoms with Crippen molar-refractivity contribution in [1.82, 2.24) is 25.1 Å². The van der Waals surface area contributed by atoms with E-state index in [0.29, 0.717) is 24.0 Å². The number of nitrogens with zero attached hydrogens (tertiary/aromatic N) is 6. The van der Waals surface area contributed by atoms with Gasteiger partial charge in [0.1, 0.15) is 0 Å². The summed E-state index contributed by atoms with van der Waals surface area (Å²) in [4.78, 5) is 6.49. The fourth-order valence-electron chi connectivity index (χ4n) is 2.71. The summed E-state index contributed by atoms with van der Waals surface area (Å²) in [5.41, 5.74) is 4.95. The van der Waals surface area contributed by atoms with Gasteiger partial charge in [0.15, 0.2) is 5.69 Å². The Bertz CT molecular complexity index is 1030. The third-order valence-corrected chi connectivity index (χ3v) is 4.29. The predicted molar refractivity (Wildman–Crippen MR) is 103 cm³/mol. The number of aryl methyl sites for hydroxylation is 1. The van der Waals surface area contributed by atoms with Crippen LogP contribution in [0.3, 0.4) is 0 Å². The summed E-state index contributed by atoms with van der Waals surface area (Å²) in [6.45, 7) is 2.71. The van der Waals surface area contributed by atoms with E-state index in [1.807, 2.05) is 49.5 Å². The van der Waals surface area contributed by atoms with Gasteiger partial charge < -0.3 is 9.42 Å². The highest BCUT2D eigenvalue weighted by atomic mass is 16.5. The molecule has 27 heavy (non-hydrogen) atoms. The number of rotatable bonds is 5. The zero-order valence-electron chi connectivity index (χ0n) is 15.5. The van der Waals surface area contributed by atoms with Crippen molar-refractivity contribution < 1.29 is 4.52 Å². The van der Waals surface area contributed by atoms with Gasteiger partial charge >= 0.3 is 0 Å². The highest BCUT2D eigenvalue weighted by Gasteiger charge is 2.14. The Hall–Kier alpha value is -3.48. The van der Waals surface area contributed by atoms with E-state index in [0.717, 1.165) is 16.8 Å². The normalized spacial score (nSPS) is 10.9. The van der Waals surface area contributed by atoms with Gasteiger partial charge in [-0.1, -0.05) is 40.2 Å². The van der Waals surface area contributed by atoms with E-state index in [1.54, 1.807) is 4.68 Å². The van der Waals surface area contributed by atoms with Crippen molar-refractivity contribution in [2.24, 2.45) is 0 Å². The lowest BCUT2D eigenvalue weighted by molar-refractivity contribution is 0.432. The lowest BCUT2D eigenvalue weighted by Gasteiger charge is -2.11. The van der Waals surface area contributed by atoms with E-state index in [-0.39, 0.29) is 0 Å². The average molecular weight is 360 g/mol. The summed E-state index contributed by atoms with van der Waals surface area (Å²) in [6.07, 6.45) is 1.82. The molecule has 0 saturated heterocycles. The van der Waals surface area contributed by atoms with Crippen LogP contribution < -0.4 is 4.90 Å². The molecule has 0 fully saturated rings. The Morgan fingerprint density at radius 2 is 1.74 bits per heavy atom. The third kappa shape index (κ3) is 3.72. The maximum atomic E-state index is 5.39. The van der Waals surface area contributed by atoms with Crippen molar-refractivity contribution in [3.8, 4) is 23.0 Å². The van der Waals surface area contributed by atoms with E-state index in [9.17, 15) is 0 Å². The van der Waals surface area contributed by atoms with Crippen LogP contribution in [0.4, 0.5) is 5.69 Å². The van der Waals surface area contributed by atoms with Crippen molar-refractivity contribution in [2.45, 2.75) is 13.5 Å². The van der Waals surface area contributed by atoms with E-state index < -0.39 is 0 Å². The van der Waals surface area contributed by atoms with Gasteiger partial charge in [-0.2, -0.15) is 4.98 Å². The Kier molecular flexibility index (Phi) is 4.42. The molecule has 0 spiro atoms. The second kappa shape index (κ2) is 7.03. The van der Waals surface area contributed by atoms with Gasteiger partial charge in [-0.15, -0.1) is 5.10 Å². The summed E-state index contributed by atoms with van der Waals surface area (Å²) in [5.74, 6) is 0.889. The topological polar surface area (TPSA) is 72.9 Å². The number of hydrogen-bond acceptors (Lipinski definition) is 6. The van der Waals surface area contributed by atoms with Gasteiger partial charge in [-0.25, -0.2) is 4.68 Å². The minimum absolute atomic E-state index is 0.428. The van der Waals surface area contributed by atoms with E-state index >= 15 is 0 Å². The van der Waals surface area contributed by atoms with E-state index in [1.165, 1.54) is 5.56 Å². The summed E-state index contributed by atoms with van der Waals surface area (Å²) in [5, 5.41) is 12.4. The number of aromatic nitrogens is 5. The highest BCUT2D eigenvalue weighted by molar-refractivity contribution is 5.60. The summed E-state index contributed by atoms with van der Waals surface area (Å²) < 4.78 is 7.16. The Morgan fingerprint density at radius 1 is 1.00 bits per heavy atom. The minimum Gasteiger partial charge on any atom is -0.378 e. The molecule has 4 aromatic rings. The second-order valence-corrected chi connectivity index (χ2v) is 6.65.